The monoisotopic (exact) mass is 390 g/mol. The smallest absolute Gasteiger partial charge is 0.339 e. The van der Waals surface area contributed by atoms with Crippen molar-refractivity contribution in [3.8, 4) is 11.1 Å². The molecule has 0 radical (unpaired) electrons. The number of carbonyl (C=O) groups excluding carboxylic acids is 3. The SMILES string of the molecule is C[C@H](OC(=O)c1cccc2c1C(=O)c1ccccc1-2)C(=O)c1cccc(Cl)c1. The topological polar surface area (TPSA) is 60.4 Å². The number of hydrogen-bond donors (Lipinski definition) is 0. The summed E-state index contributed by atoms with van der Waals surface area (Å²) in [6.45, 7) is 1.50. The van der Waals surface area contributed by atoms with E-state index in [1.54, 1.807) is 48.5 Å². The number of ketones is 2. The lowest BCUT2D eigenvalue weighted by Crippen LogP contribution is -2.25. The lowest BCUT2D eigenvalue weighted by atomic mass is 10.0. The van der Waals surface area contributed by atoms with E-state index in [0.29, 0.717) is 27.3 Å². The van der Waals surface area contributed by atoms with Crippen molar-refractivity contribution >= 4 is 29.1 Å². The van der Waals surface area contributed by atoms with E-state index in [2.05, 4.69) is 0 Å². The summed E-state index contributed by atoms with van der Waals surface area (Å²) in [4.78, 5) is 38.1. The van der Waals surface area contributed by atoms with E-state index in [1.165, 1.54) is 13.0 Å². The second kappa shape index (κ2) is 7.06. The molecule has 0 saturated carbocycles. The van der Waals surface area contributed by atoms with Crippen molar-refractivity contribution in [2.24, 2.45) is 0 Å². The number of hydrogen-bond acceptors (Lipinski definition) is 4. The fourth-order valence-corrected chi connectivity index (χ4v) is 3.59. The molecule has 3 aromatic carbocycles. The summed E-state index contributed by atoms with van der Waals surface area (Å²) in [6, 6.07) is 18.7. The van der Waals surface area contributed by atoms with Crippen LogP contribution >= 0.6 is 11.6 Å². The van der Waals surface area contributed by atoms with Gasteiger partial charge in [-0.3, -0.25) is 9.59 Å². The molecule has 1 aliphatic carbocycles. The highest BCUT2D eigenvalue weighted by molar-refractivity contribution is 6.31. The number of ether oxygens (including phenoxy) is 1. The third-order valence-corrected chi connectivity index (χ3v) is 4.97. The lowest BCUT2D eigenvalue weighted by molar-refractivity contribution is 0.0317. The molecule has 0 aliphatic heterocycles. The molecule has 0 aromatic heterocycles. The zero-order valence-corrected chi connectivity index (χ0v) is 15.7. The second-order valence-corrected chi connectivity index (χ2v) is 6.96. The fourth-order valence-electron chi connectivity index (χ4n) is 3.40. The molecule has 5 heteroatoms. The van der Waals surface area contributed by atoms with Crippen LogP contribution in [0.3, 0.4) is 0 Å². The van der Waals surface area contributed by atoms with Crippen LogP contribution < -0.4 is 0 Å². The molecule has 1 aliphatic rings. The Bertz CT molecular complexity index is 1130. The molecule has 0 unspecified atom stereocenters. The minimum absolute atomic E-state index is 0.157. The number of fused-ring (bicyclic) bond motifs is 3. The molecule has 0 bridgehead atoms. The first-order valence-electron chi connectivity index (χ1n) is 8.75. The standard InChI is InChI=1S/C23H15ClO4/c1-13(21(25)14-6-4-7-15(24)12-14)28-23(27)19-11-5-10-17-16-8-2-3-9-18(16)22(26)20(17)19/h2-13H,1H3/t13-/m0/s1. The molecule has 4 rings (SSSR count). The highest BCUT2D eigenvalue weighted by Gasteiger charge is 2.32. The maximum atomic E-state index is 12.8. The van der Waals surface area contributed by atoms with Gasteiger partial charge in [0, 0.05) is 21.7 Å². The fraction of sp³-hybridized carbons (Fsp3) is 0.0870. The predicted molar refractivity (Wildman–Crippen MR) is 106 cm³/mol. The van der Waals surface area contributed by atoms with Crippen LogP contribution in [0, 0.1) is 0 Å². The van der Waals surface area contributed by atoms with E-state index in [0.717, 1.165) is 5.56 Å². The minimum atomic E-state index is -1.01. The predicted octanol–water partition coefficient (Wildman–Crippen LogP) is 4.98. The first-order valence-corrected chi connectivity index (χ1v) is 9.13. The molecule has 0 saturated heterocycles. The van der Waals surface area contributed by atoms with Crippen molar-refractivity contribution in [1.29, 1.82) is 0 Å². The molecule has 0 spiro atoms. The van der Waals surface area contributed by atoms with Gasteiger partial charge < -0.3 is 4.74 Å². The Balaban J connectivity index is 1.62. The molecule has 0 fully saturated rings. The van der Waals surface area contributed by atoms with E-state index >= 15 is 0 Å². The number of esters is 1. The van der Waals surface area contributed by atoms with Crippen LogP contribution in [-0.4, -0.2) is 23.6 Å². The number of benzene rings is 3. The summed E-state index contributed by atoms with van der Waals surface area (Å²) in [5, 5.41) is 0.425. The van der Waals surface area contributed by atoms with Crippen LogP contribution in [0.25, 0.3) is 11.1 Å². The summed E-state index contributed by atoms with van der Waals surface area (Å²) in [7, 11) is 0. The summed E-state index contributed by atoms with van der Waals surface area (Å²) in [5.41, 5.74) is 2.87. The van der Waals surface area contributed by atoms with Gasteiger partial charge in [-0.1, -0.05) is 60.1 Å². The Labute approximate surface area is 166 Å². The maximum Gasteiger partial charge on any atom is 0.339 e. The minimum Gasteiger partial charge on any atom is -0.451 e. The highest BCUT2D eigenvalue weighted by Crippen LogP contribution is 2.38. The van der Waals surface area contributed by atoms with Crippen LogP contribution in [0.5, 0.6) is 0 Å². The van der Waals surface area contributed by atoms with Gasteiger partial charge in [0.05, 0.1) is 5.56 Å². The quantitative estimate of drug-likeness (QED) is 0.364. The summed E-state index contributed by atoms with van der Waals surface area (Å²) >= 11 is 5.92. The average molecular weight is 391 g/mol. The second-order valence-electron chi connectivity index (χ2n) is 6.52. The molecule has 138 valence electrons. The van der Waals surface area contributed by atoms with Gasteiger partial charge in [0.2, 0.25) is 5.78 Å². The van der Waals surface area contributed by atoms with Gasteiger partial charge >= 0.3 is 5.97 Å². The number of halogens is 1. The zero-order chi connectivity index (χ0) is 19.8. The third kappa shape index (κ3) is 3.02. The van der Waals surface area contributed by atoms with Crippen molar-refractivity contribution in [3.63, 3.8) is 0 Å². The van der Waals surface area contributed by atoms with Crippen molar-refractivity contribution < 1.29 is 19.1 Å². The Hall–Kier alpha value is -3.24. The van der Waals surface area contributed by atoms with Crippen molar-refractivity contribution in [2.45, 2.75) is 13.0 Å². The van der Waals surface area contributed by atoms with E-state index in [-0.39, 0.29) is 17.1 Å². The van der Waals surface area contributed by atoms with Crippen molar-refractivity contribution in [3.05, 3.63) is 94.0 Å². The first kappa shape index (κ1) is 18.1. The molecule has 1 atom stereocenters. The maximum absolute atomic E-state index is 12.8. The van der Waals surface area contributed by atoms with Crippen LogP contribution in [-0.2, 0) is 4.74 Å². The molecular weight excluding hydrogens is 376 g/mol. The van der Waals surface area contributed by atoms with Gasteiger partial charge in [-0.15, -0.1) is 0 Å². The van der Waals surface area contributed by atoms with Gasteiger partial charge in [-0.25, -0.2) is 4.79 Å². The van der Waals surface area contributed by atoms with Gasteiger partial charge in [0.1, 0.15) is 0 Å². The highest BCUT2D eigenvalue weighted by atomic mass is 35.5. The Morgan fingerprint density at radius 2 is 1.57 bits per heavy atom. The van der Waals surface area contributed by atoms with Crippen LogP contribution in [0.4, 0.5) is 0 Å². The summed E-state index contributed by atoms with van der Waals surface area (Å²) < 4.78 is 5.38. The van der Waals surface area contributed by atoms with Crippen molar-refractivity contribution in [2.75, 3.05) is 0 Å². The molecule has 4 nitrogen and oxygen atoms in total. The molecular formula is C23H15ClO4. The number of carbonyl (C=O) groups is 3. The van der Waals surface area contributed by atoms with E-state index < -0.39 is 12.1 Å². The summed E-state index contributed by atoms with van der Waals surface area (Å²) in [5.74, 6) is -1.29. The van der Waals surface area contributed by atoms with E-state index in [9.17, 15) is 14.4 Å². The molecule has 0 amide bonds. The Morgan fingerprint density at radius 1 is 0.893 bits per heavy atom. The van der Waals surface area contributed by atoms with Gasteiger partial charge in [-0.05, 0) is 36.2 Å². The largest absolute Gasteiger partial charge is 0.451 e. The lowest BCUT2D eigenvalue weighted by Gasteiger charge is -2.14. The third-order valence-electron chi connectivity index (χ3n) is 4.74. The Morgan fingerprint density at radius 3 is 2.32 bits per heavy atom. The first-order chi connectivity index (χ1) is 13.5. The normalized spacial score (nSPS) is 12.9. The zero-order valence-electron chi connectivity index (χ0n) is 14.9. The molecule has 28 heavy (non-hydrogen) atoms. The van der Waals surface area contributed by atoms with Crippen LogP contribution in [0.2, 0.25) is 5.02 Å². The van der Waals surface area contributed by atoms with Gasteiger partial charge in [0.25, 0.3) is 0 Å². The van der Waals surface area contributed by atoms with Crippen molar-refractivity contribution in [1.82, 2.24) is 0 Å². The van der Waals surface area contributed by atoms with Gasteiger partial charge in [-0.2, -0.15) is 0 Å². The molecule has 3 aromatic rings. The van der Waals surface area contributed by atoms with E-state index in [1.807, 2.05) is 12.1 Å². The van der Waals surface area contributed by atoms with Crippen LogP contribution in [0.1, 0.15) is 43.6 Å². The number of Topliss-reactive ketones (excluding diaryl/α,β-unsaturated/α-hetero) is 1. The van der Waals surface area contributed by atoms with Gasteiger partial charge in [0.15, 0.2) is 11.9 Å². The Kier molecular flexibility index (Phi) is 4.57. The van der Waals surface area contributed by atoms with Crippen LogP contribution in [0.15, 0.2) is 66.7 Å². The average Bonchev–Trinajstić information content (AvgIpc) is 3.00. The number of rotatable bonds is 4. The summed E-state index contributed by atoms with van der Waals surface area (Å²) in [6.07, 6.45) is -1.01. The molecule has 0 heterocycles. The van der Waals surface area contributed by atoms with E-state index in [4.69, 9.17) is 16.3 Å². The molecule has 0 N–H and O–H groups in total.